The van der Waals surface area contributed by atoms with Crippen molar-refractivity contribution in [1.29, 1.82) is 0 Å². The van der Waals surface area contributed by atoms with Crippen LogP contribution in [0.1, 0.15) is 79.9 Å². The van der Waals surface area contributed by atoms with E-state index in [1.807, 2.05) is 28.8 Å². The smallest absolute Gasteiger partial charge is 0.307 e. The maximum absolute atomic E-state index is 13.0. The summed E-state index contributed by atoms with van der Waals surface area (Å²) >= 11 is 0. The summed E-state index contributed by atoms with van der Waals surface area (Å²) in [5, 5.41) is 12.4. The average Bonchev–Trinajstić information content (AvgIpc) is 3.19. The van der Waals surface area contributed by atoms with Gasteiger partial charge in [0.15, 0.2) is 0 Å². The molecular formula is C23H29N3O3. The van der Waals surface area contributed by atoms with Crippen molar-refractivity contribution in [3.8, 4) is 0 Å². The lowest BCUT2D eigenvalue weighted by molar-refractivity contribution is -0.138. The Morgan fingerprint density at radius 3 is 2.93 bits per heavy atom. The zero-order chi connectivity index (χ0) is 20.0. The van der Waals surface area contributed by atoms with Gasteiger partial charge in [0.1, 0.15) is 11.3 Å². The summed E-state index contributed by atoms with van der Waals surface area (Å²) in [5.74, 6) is -0.366. The normalized spacial score (nSPS) is 31.2. The number of imidazole rings is 1. The number of hydrogen-bond acceptors (Lipinski definition) is 3. The lowest BCUT2D eigenvalue weighted by atomic mass is 9.78. The Bertz CT molecular complexity index is 952. The molecule has 3 fully saturated rings. The fourth-order valence-corrected chi connectivity index (χ4v) is 5.71. The molecule has 3 saturated carbocycles. The van der Waals surface area contributed by atoms with Crippen molar-refractivity contribution >= 4 is 17.5 Å². The zero-order valence-corrected chi connectivity index (χ0v) is 16.8. The Balaban J connectivity index is 1.32. The molecular weight excluding hydrogens is 366 g/mol. The zero-order valence-electron chi connectivity index (χ0n) is 16.8. The summed E-state index contributed by atoms with van der Waals surface area (Å²) in [5.41, 5.74) is 2.33. The van der Waals surface area contributed by atoms with Crippen molar-refractivity contribution in [3.63, 3.8) is 0 Å². The highest BCUT2D eigenvalue weighted by atomic mass is 16.4. The number of carboxylic acid groups (broad SMARTS) is 1. The average molecular weight is 396 g/mol. The quantitative estimate of drug-likeness (QED) is 0.801. The van der Waals surface area contributed by atoms with Gasteiger partial charge in [-0.15, -0.1) is 0 Å². The van der Waals surface area contributed by atoms with Crippen molar-refractivity contribution in [3.05, 3.63) is 35.8 Å². The van der Waals surface area contributed by atoms with Gasteiger partial charge in [0.2, 0.25) is 0 Å². The Morgan fingerprint density at radius 2 is 2.10 bits per heavy atom. The second-order valence-electron chi connectivity index (χ2n) is 9.48. The molecule has 0 spiro atoms. The standard InChI is InChI=1S/C23H29N3O3/c27-21(24-14-23-9-3-1-2-5-15(12-23)8-10-23)19-6-4-7-20-25-18(13-26(19)20)16-11-17(16)22(28)29/h4,6-7,13,15-17H,1-3,5,8-12,14H2,(H,24,27)(H,28,29). The molecule has 3 aliphatic rings. The van der Waals surface area contributed by atoms with Crippen LogP contribution in [0, 0.1) is 17.3 Å². The molecule has 6 heteroatoms. The van der Waals surface area contributed by atoms with Crippen molar-refractivity contribution < 1.29 is 14.7 Å². The van der Waals surface area contributed by atoms with E-state index in [4.69, 9.17) is 0 Å². The van der Waals surface area contributed by atoms with Crippen molar-refractivity contribution in [1.82, 2.24) is 14.7 Å². The first kappa shape index (κ1) is 18.6. The van der Waals surface area contributed by atoms with Gasteiger partial charge in [0.05, 0.1) is 11.6 Å². The van der Waals surface area contributed by atoms with Crippen LogP contribution >= 0.6 is 0 Å². The molecule has 3 aliphatic carbocycles. The molecule has 5 rings (SSSR count). The summed E-state index contributed by atoms with van der Waals surface area (Å²) in [6.45, 7) is 0.754. The van der Waals surface area contributed by atoms with Crippen LogP contribution in [0.3, 0.4) is 0 Å². The molecule has 2 aromatic rings. The first-order valence-electron chi connectivity index (χ1n) is 11.0. The Kier molecular flexibility index (Phi) is 4.60. The molecule has 0 radical (unpaired) electrons. The molecule has 1 amide bonds. The van der Waals surface area contributed by atoms with Crippen LogP contribution in [0.2, 0.25) is 0 Å². The molecule has 2 bridgehead atoms. The summed E-state index contributed by atoms with van der Waals surface area (Å²) < 4.78 is 1.81. The molecule has 2 N–H and O–H groups in total. The van der Waals surface area contributed by atoms with E-state index >= 15 is 0 Å². The summed E-state index contributed by atoms with van der Waals surface area (Å²) in [6, 6.07) is 5.54. The highest BCUT2D eigenvalue weighted by Gasteiger charge is 2.46. The van der Waals surface area contributed by atoms with Gasteiger partial charge in [0.25, 0.3) is 5.91 Å². The van der Waals surface area contributed by atoms with Gasteiger partial charge in [0, 0.05) is 18.7 Å². The second kappa shape index (κ2) is 7.15. The van der Waals surface area contributed by atoms with E-state index in [-0.39, 0.29) is 23.2 Å². The number of nitrogens with one attached hydrogen (secondary N) is 1. The van der Waals surface area contributed by atoms with E-state index in [0.717, 1.165) is 18.2 Å². The van der Waals surface area contributed by atoms with Gasteiger partial charge in [-0.2, -0.15) is 0 Å². The number of pyridine rings is 1. The lowest BCUT2D eigenvalue weighted by Crippen LogP contribution is -2.37. The summed E-state index contributed by atoms with van der Waals surface area (Å²) in [6.07, 6.45) is 12.8. The van der Waals surface area contributed by atoms with Crippen LogP contribution in [-0.4, -0.2) is 32.9 Å². The topological polar surface area (TPSA) is 83.7 Å². The summed E-state index contributed by atoms with van der Waals surface area (Å²) in [4.78, 5) is 28.8. The molecule has 0 aliphatic heterocycles. The van der Waals surface area contributed by atoms with Crippen LogP contribution in [0.15, 0.2) is 24.4 Å². The SMILES string of the molecule is O=C(NCC12CCCCCC(CC1)C2)c1cccc2nc(C3CC3C(=O)O)cn12. The van der Waals surface area contributed by atoms with Gasteiger partial charge in [-0.05, 0) is 55.6 Å². The number of nitrogens with zero attached hydrogens (tertiary/aromatic N) is 2. The largest absolute Gasteiger partial charge is 0.481 e. The molecule has 4 atom stereocenters. The number of rotatable bonds is 5. The van der Waals surface area contributed by atoms with Crippen LogP contribution < -0.4 is 5.32 Å². The third-order valence-corrected chi connectivity index (χ3v) is 7.48. The number of amides is 1. The number of carboxylic acids is 1. The maximum atomic E-state index is 13.0. The van der Waals surface area contributed by atoms with Crippen LogP contribution in [0.5, 0.6) is 0 Å². The molecule has 0 aromatic carbocycles. The number of fused-ring (bicyclic) bond motifs is 3. The highest BCUT2D eigenvalue weighted by Crippen LogP contribution is 2.49. The third kappa shape index (κ3) is 3.53. The first-order chi connectivity index (χ1) is 14.0. The summed E-state index contributed by atoms with van der Waals surface area (Å²) in [7, 11) is 0. The monoisotopic (exact) mass is 395 g/mol. The van der Waals surface area contributed by atoms with Crippen LogP contribution in [-0.2, 0) is 4.79 Å². The predicted octanol–water partition coefficient (Wildman–Crippen LogP) is 4.00. The Morgan fingerprint density at radius 1 is 1.21 bits per heavy atom. The number of aromatic nitrogens is 2. The van der Waals surface area contributed by atoms with Crippen molar-refractivity contribution in [2.24, 2.45) is 17.3 Å². The van der Waals surface area contributed by atoms with Crippen LogP contribution in [0.4, 0.5) is 0 Å². The number of carbonyl (C=O) groups excluding carboxylic acids is 1. The lowest BCUT2D eigenvalue weighted by Gasteiger charge is -2.31. The van der Waals surface area contributed by atoms with Crippen LogP contribution in [0.25, 0.3) is 5.65 Å². The number of hydrogen-bond donors (Lipinski definition) is 2. The molecule has 2 heterocycles. The molecule has 2 aromatic heterocycles. The third-order valence-electron chi connectivity index (χ3n) is 7.48. The fourth-order valence-electron chi connectivity index (χ4n) is 5.71. The van der Waals surface area contributed by atoms with Gasteiger partial charge in [-0.3, -0.25) is 14.0 Å². The van der Waals surface area contributed by atoms with E-state index in [9.17, 15) is 14.7 Å². The minimum Gasteiger partial charge on any atom is -0.481 e. The second-order valence-corrected chi connectivity index (χ2v) is 9.48. The molecule has 29 heavy (non-hydrogen) atoms. The fraction of sp³-hybridized carbons (Fsp3) is 0.609. The first-order valence-corrected chi connectivity index (χ1v) is 11.0. The highest BCUT2D eigenvalue weighted by molar-refractivity contribution is 5.93. The molecule has 4 unspecified atom stereocenters. The number of aliphatic carboxylic acids is 1. The van der Waals surface area contributed by atoms with E-state index in [1.165, 1.54) is 51.4 Å². The van der Waals surface area contributed by atoms with Gasteiger partial charge < -0.3 is 10.4 Å². The molecule has 0 saturated heterocycles. The van der Waals surface area contributed by atoms with Gasteiger partial charge in [-0.1, -0.05) is 31.7 Å². The maximum Gasteiger partial charge on any atom is 0.307 e. The Labute approximate surface area is 170 Å². The van der Waals surface area contributed by atoms with E-state index in [0.29, 0.717) is 17.8 Å². The van der Waals surface area contributed by atoms with Crippen molar-refractivity contribution in [2.75, 3.05) is 6.54 Å². The van der Waals surface area contributed by atoms with Gasteiger partial charge in [-0.25, -0.2) is 4.98 Å². The predicted molar refractivity (Wildman–Crippen MR) is 109 cm³/mol. The van der Waals surface area contributed by atoms with E-state index in [2.05, 4.69) is 10.3 Å². The van der Waals surface area contributed by atoms with Crippen molar-refractivity contribution in [2.45, 2.75) is 63.7 Å². The minimum atomic E-state index is -0.765. The van der Waals surface area contributed by atoms with Gasteiger partial charge >= 0.3 is 5.97 Å². The van der Waals surface area contributed by atoms with E-state index in [1.54, 1.807) is 0 Å². The number of carbonyl (C=O) groups is 2. The molecule has 154 valence electrons. The molecule has 6 nitrogen and oxygen atoms in total. The minimum absolute atomic E-state index is 0.0347. The Hall–Kier alpha value is -2.37. The van der Waals surface area contributed by atoms with E-state index < -0.39 is 5.97 Å².